The Hall–Kier alpha value is -1.40. The normalized spacial score (nSPS) is 15.8. The van der Waals surface area contributed by atoms with E-state index in [0.29, 0.717) is 12.2 Å². The summed E-state index contributed by atoms with van der Waals surface area (Å²) in [5, 5.41) is 33.7. The molecule has 0 aromatic rings. The van der Waals surface area contributed by atoms with Crippen molar-refractivity contribution in [2.45, 2.75) is 5.60 Å². The molecule has 0 aliphatic heterocycles. The molecule has 4 N–H and O–H groups in total. The van der Waals surface area contributed by atoms with Crippen molar-refractivity contribution >= 4 is 11.9 Å². The van der Waals surface area contributed by atoms with Crippen molar-refractivity contribution in [1.82, 2.24) is 0 Å². The fourth-order valence-electron chi connectivity index (χ4n) is 0.401. The second kappa shape index (κ2) is 3.84. The monoisotopic (exact) mass is 176 g/mol. The average Bonchev–Trinajstić information content (AvgIpc) is 1.99. The lowest BCUT2D eigenvalue weighted by atomic mass is 10.1. The minimum Gasteiger partial charge on any atom is -0.479 e. The molecule has 0 aliphatic rings. The van der Waals surface area contributed by atoms with E-state index in [1.807, 2.05) is 0 Å². The van der Waals surface area contributed by atoms with Gasteiger partial charge in [-0.3, -0.25) is 0 Å². The molecule has 0 aromatic carbocycles. The largest absolute Gasteiger partial charge is 0.479 e. The number of hydrogen-bond acceptors (Lipinski definition) is 4. The zero-order chi connectivity index (χ0) is 9.78. The van der Waals surface area contributed by atoms with Crippen LogP contribution in [0.5, 0.6) is 0 Å². The predicted molar refractivity (Wildman–Crippen MR) is 36.4 cm³/mol. The first-order valence-electron chi connectivity index (χ1n) is 2.91. The second-order valence-corrected chi connectivity index (χ2v) is 2.06. The standard InChI is InChI=1S/C6H8O6/c7-3-6(12,5(10)11)2-1-4(8)9/h1-2,7,12H,3H2,(H,8,9)(H,10,11). The third-order valence-electron chi connectivity index (χ3n) is 1.11. The van der Waals surface area contributed by atoms with Gasteiger partial charge in [0.15, 0.2) is 0 Å². The zero-order valence-corrected chi connectivity index (χ0v) is 5.97. The molecule has 1 atom stereocenters. The first kappa shape index (κ1) is 10.6. The summed E-state index contributed by atoms with van der Waals surface area (Å²) >= 11 is 0. The minimum atomic E-state index is -2.52. The molecule has 0 aliphatic carbocycles. The Labute approximate surface area is 67.4 Å². The van der Waals surface area contributed by atoms with Crippen LogP contribution in [0.4, 0.5) is 0 Å². The van der Waals surface area contributed by atoms with E-state index in [1.165, 1.54) is 0 Å². The van der Waals surface area contributed by atoms with Crippen LogP contribution < -0.4 is 0 Å². The van der Waals surface area contributed by atoms with Crippen LogP contribution in [0.3, 0.4) is 0 Å². The predicted octanol–water partition coefficient (Wildman–Crippen LogP) is -1.56. The van der Waals surface area contributed by atoms with Crippen molar-refractivity contribution in [3.8, 4) is 0 Å². The summed E-state index contributed by atoms with van der Waals surface area (Å²) < 4.78 is 0. The van der Waals surface area contributed by atoms with Crippen molar-refractivity contribution in [1.29, 1.82) is 0 Å². The fraction of sp³-hybridized carbons (Fsp3) is 0.333. The van der Waals surface area contributed by atoms with Gasteiger partial charge in [-0.05, 0) is 6.08 Å². The number of aliphatic hydroxyl groups is 2. The van der Waals surface area contributed by atoms with E-state index in [1.54, 1.807) is 0 Å². The highest BCUT2D eigenvalue weighted by Crippen LogP contribution is 2.05. The van der Waals surface area contributed by atoms with Gasteiger partial charge in [0.25, 0.3) is 0 Å². The Balaban J connectivity index is 4.55. The molecule has 0 saturated carbocycles. The Kier molecular flexibility index (Phi) is 3.39. The molecule has 12 heavy (non-hydrogen) atoms. The van der Waals surface area contributed by atoms with Gasteiger partial charge in [0.05, 0.1) is 6.61 Å². The average molecular weight is 176 g/mol. The molecule has 6 nitrogen and oxygen atoms in total. The van der Waals surface area contributed by atoms with Gasteiger partial charge >= 0.3 is 11.9 Å². The van der Waals surface area contributed by atoms with E-state index in [0.717, 1.165) is 0 Å². The van der Waals surface area contributed by atoms with E-state index < -0.39 is 24.1 Å². The highest BCUT2D eigenvalue weighted by atomic mass is 16.4. The van der Waals surface area contributed by atoms with Gasteiger partial charge in [-0.2, -0.15) is 0 Å². The quantitative estimate of drug-likeness (QED) is 0.385. The molecule has 0 bridgehead atoms. The van der Waals surface area contributed by atoms with Crippen molar-refractivity contribution in [2.75, 3.05) is 6.61 Å². The summed E-state index contributed by atoms with van der Waals surface area (Å²) in [4.78, 5) is 20.1. The lowest BCUT2D eigenvalue weighted by Gasteiger charge is -2.14. The van der Waals surface area contributed by atoms with Gasteiger partial charge < -0.3 is 20.4 Å². The van der Waals surface area contributed by atoms with E-state index >= 15 is 0 Å². The first-order valence-corrected chi connectivity index (χ1v) is 2.91. The summed E-state index contributed by atoms with van der Waals surface area (Å²) in [5.74, 6) is -3.11. The molecular weight excluding hydrogens is 168 g/mol. The maximum Gasteiger partial charge on any atom is 0.342 e. The van der Waals surface area contributed by atoms with Crippen LogP contribution in [0, 0.1) is 0 Å². The molecule has 0 rings (SSSR count). The molecule has 6 heteroatoms. The smallest absolute Gasteiger partial charge is 0.342 e. The lowest BCUT2D eigenvalue weighted by molar-refractivity contribution is -0.156. The molecule has 0 heterocycles. The summed E-state index contributed by atoms with van der Waals surface area (Å²) in [5.41, 5.74) is -2.52. The van der Waals surface area contributed by atoms with Crippen LogP contribution in [0.25, 0.3) is 0 Å². The third kappa shape index (κ3) is 2.69. The molecule has 0 fully saturated rings. The van der Waals surface area contributed by atoms with Crippen LogP contribution in [-0.4, -0.2) is 44.6 Å². The van der Waals surface area contributed by atoms with Crippen LogP contribution in [0.1, 0.15) is 0 Å². The highest BCUT2D eigenvalue weighted by molar-refractivity contribution is 5.85. The van der Waals surface area contributed by atoms with Gasteiger partial charge in [0, 0.05) is 6.08 Å². The summed E-state index contributed by atoms with van der Waals surface area (Å²) in [6, 6.07) is 0. The highest BCUT2D eigenvalue weighted by Gasteiger charge is 2.32. The van der Waals surface area contributed by atoms with Crippen LogP contribution in [-0.2, 0) is 9.59 Å². The van der Waals surface area contributed by atoms with Crippen LogP contribution in [0.15, 0.2) is 12.2 Å². The molecule has 0 aromatic heterocycles. The molecule has 0 amide bonds. The third-order valence-corrected chi connectivity index (χ3v) is 1.11. The molecule has 0 radical (unpaired) electrons. The summed E-state index contributed by atoms with van der Waals surface area (Å²) in [7, 11) is 0. The Bertz CT molecular complexity index is 220. The molecule has 1 unspecified atom stereocenters. The van der Waals surface area contributed by atoms with Gasteiger partial charge in [-0.15, -0.1) is 0 Å². The molecule has 0 saturated heterocycles. The summed E-state index contributed by atoms with van der Waals surface area (Å²) in [6.45, 7) is -1.08. The summed E-state index contributed by atoms with van der Waals surface area (Å²) in [6.07, 6.45) is 0.946. The van der Waals surface area contributed by atoms with Gasteiger partial charge in [0.1, 0.15) is 0 Å². The van der Waals surface area contributed by atoms with Crippen LogP contribution >= 0.6 is 0 Å². The van der Waals surface area contributed by atoms with Gasteiger partial charge in [-0.1, -0.05) is 0 Å². The SMILES string of the molecule is O=C(O)C=CC(O)(CO)C(=O)O. The van der Waals surface area contributed by atoms with Crippen LogP contribution in [0.2, 0.25) is 0 Å². The molecule has 0 spiro atoms. The lowest BCUT2D eigenvalue weighted by Crippen LogP contribution is -2.40. The second-order valence-electron chi connectivity index (χ2n) is 2.06. The number of rotatable bonds is 4. The number of aliphatic carboxylic acids is 2. The number of aliphatic hydroxyl groups excluding tert-OH is 1. The van der Waals surface area contributed by atoms with Gasteiger partial charge in [-0.25, -0.2) is 9.59 Å². The number of carboxylic acids is 2. The van der Waals surface area contributed by atoms with Crippen molar-refractivity contribution in [3.05, 3.63) is 12.2 Å². The van der Waals surface area contributed by atoms with Crippen molar-refractivity contribution in [3.63, 3.8) is 0 Å². The zero-order valence-electron chi connectivity index (χ0n) is 5.97. The Morgan fingerprint density at radius 3 is 2.08 bits per heavy atom. The van der Waals surface area contributed by atoms with Crippen molar-refractivity contribution < 1.29 is 30.0 Å². The van der Waals surface area contributed by atoms with E-state index in [9.17, 15) is 9.59 Å². The van der Waals surface area contributed by atoms with Gasteiger partial charge in [0.2, 0.25) is 5.60 Å². The number of carboxylic acid groups (broad SMARTS) is 2. The first-order chi connectivity index (χ1) is 5.42. The number of hydrogen-bond donors (Lipinski definition) is 4. The minimum absolute atomic E-state index is 0.449. The van der Waals surface area contributed by atoms with E-state index in [-0.39, 0.29) is 0 Å². The van der Waals surface area contributed by atoms with Crippen molar-refractivity contribution in [2.24, 2.45) is 0 Å². The maximum atomic E-state index is 10.2. The van der Waals surface area contributed by atoms with E-state index in [2.05, 4.69) is 0 Å². The Morgan fingerprint density at radius 1 is 1.33 bits per heavy atom. The Morgan fingerprint density at radius 2 is 1.83 bits per heavy atom. The number of carbonyl (C=O) groups is 2. The topological polar surface area (TPSA) is 115 Å². The fourth-order valence-corrected chi connectivity index (χ4v) is 0.401. The molecule has 68 valence electrons. The van der Waals surface area contributed by atoms with E-state index in [4.69, 9.17) is 20.4 Å². The molecular formula is C6H8O6. The maximum absolute atomic E-state index is 10.2.